The highest BCUT2D eigenvalue weighted by Gasteiger charge is 2.33. The molecule has 0 spiro atoms. The summed E-state index contributed by atoms with van der Waals surface area (Å²) in [6.45, 7) is 2.14. The van der Waals surface area contributed by atoms with Crippen molar-refractivity contribution in [3.8, 4) is 0 Å². The molecule has 2 heterocycles. The van der Waals surface area contributed by atoms with Crippen molar-refractivity contribution in [2.24, 2.45) is 0 Å². The molecule has 1 aliphatic rings. The zero-order valence-corrected chi connectivity index (χ0v) is 15.0. The molecule has 26 heavy (non-hydrogen) atoms. The van der Waals surface area contributed by atoms with Gasteiger partial charge in [0.2, 0.25) is 5.91 Å². The number of para-hydroxylation sites is 1. The second-order valence-corrected chi connectivity index (χ2v) is 7.10. The van der Waals surface area contributed by atoms with Crippen molar-refractivity contribution < 1.29 is 18.8 Å². The summed E-state index contributed by atoms with van der Waals surface area (Å²) in [5.74, 6) is -0.793. The molecule has 1 N–H and O–H groups in total. The van der Waals surface area contributed by atoms with Crippen LogP contribution in [-0.2, 0) is 27.2 Å². The average Bonchev–Trinajstić information content (AvgIpc) is 3.29. The molecule has 8 heteroatoms. The number of thiazole rings is 1. The second-order valence-electron chi connectivity index (χ2n) is 6.02. The van der Waals surface area contributed by atoms with Gasteiger partial charge in [-0.15, -0.1) is 11.3 Å². The molecule has 0 saturated heterocycles. The summed E-state index contributed by atoms with van der Waals surface area (Å²) in [5.41, 5.74) is 1.98. The van der Waals surface area contributed by atoms with Crippen LogP contribution in [0.3, 0.4) is 0 Å². The van der Waals surface area contributed by atoms with E-state index in [-0.39, 0.29) is 24.2 Å². The molecule has 0 saturated carbocycles. The Kier molecular flexibility index (Phi) is 4.42. The highest BCUT2D eigenvalue weighted by Crippen LogP contribution is 2.39. The first-order chi connectivity index (χ1) is 12.7. The number of carbonyl (C=O) groups excluding carboxylic acids is 2. The van der Waals surface area contributed by atoms with E-state index in [1.54, 1.807) is 6.92 Å². The molecule has 2 aromatic heterocycles. The third kappa shape index (κ3) is 3.08. The molecule has 1 amide bonds. The maximum absolute atomic E-state index is 12.4. The number of hydrogen-bond donors (Lipinski definition) is 1. The number of anilines is 1. The van der Waals surface area contributed by atoms with Crippen molar-refractivity contribution in [1.29, 1.82) is 0 Å². The maximum atomic E-state index is 12.4. The summed E-state index contributed by atoms with van der Waals surface area (Å²) in [5, 5.41) is 8.10. The monoisotopic (exact) mass is 371 g/mol. The summed E-state index contributed by atoms with van der Waals surface area (Å²) in [6, 6.07) is 7.41. The molecule has 3 aromatic rings. The Bertz CT molecular complexity index is 978. The molecule has 0 fully saturated rings. The lowest BCUT2D eigenvalue weighted by Crippen LogP contribution is -2.16. The normalized spacial score (nSPS) is 15.8. The van der Waals surface area contributed by atoms with Crippen molar-refractivity contribution in [3.63, 3.8) is 0 Å². The summed E-state index contributed by atoms with van der Waals surface area (Å²) in [6.07, 6.45) is 1.59. The van der Waals surface area contributed by atoms with Gasteiger partial charge in [0.15, 0.2) is 10.7 Å². The first kappa shape index (κ1) is 16.7. The molecule has 1 aliphatic carbocycles. The zero-order valence-electron chi connectivity index (χ0n) is 14.2. The molecule has 134 valence electrons. The number of esters is 1. The van der Waals surface area contributed by atoms with Crippen LogP contribution in [0.2, 0.25) is 0 Å². The Morgan fingerprint density at radius 3 is 3.08 bits per heavy atom. The minimum atomic E-state index is -0.327. The molecular weight excluding hydrogens is 354 g/mol. The van der Waals surface area contributed by atoms with Crippen molar-refractivity contribution in [1.82, 2.24) is 10.1 Å². The smallest absolute Gasteiger partial charge is 0.315 e. The molecule has 4 rings (SSSR count). The van der Waals surface area contributed by atoms with E-state index in [1.807, 2.05) is 24.3 Å². The van der Waals surface area contributed by atoms with Gasteiger partial charge in [-0.3, -0.25) is 9.59 Å². The Morgan fingerprint density at radius 2 is 2.23 bits per heavy atom. The molecule has 0 aliphatic heterocycles. The number of benzene rings is 1. The molecule has 1 aromatic carbocycles. The number of aromatic nitrogens is 2. The Balaban J connectivity index is 1.46. The number of hydrogen-bond acceptors (Lipinski definition) is 7. The fourth-order valence-electron chi connectivity index (χ4n) is 3.13. The first-order valence-corrected chi connectivity index (χ1v) is 9.26. The molecule has 7 nitrogen and oxygen atoms in total. The zero-order chi connectivity index (χ0) is 18.1. The van der Waals surface area contributed by atoms with E-state index in [2.05, 4.69) is 15.5 Å². The number of carbonyl (C=O) groups is 2. The molecule has 0 radical (unpaired) electrons. The number of aryl methyl sites for hydroxylation is 1. The van der Waals surface area contributed by atoms with E-state index in [1.165, 1.54) is 11.3 Å². The van der Waals surface area contributed by atoms with Gasteiger partial charge in [-0.05, 0) is 31.9 Å². The van der Waals surface area contributed by atoms with E-state index >= 15 is 0 Å². The number of fused-ring (bicyclic) bond motifs is 2. The Hall–Kier alpha value is -2.74. The van der Waals surface area contributed by atoms with Crippen LogP contribution >= 0.6 is 11.3 Å². The van der Waals surface area contributed by atoms with Crippen LogP contribution in [0.1, 0.15) is 35.5 Å². The number of rotatable bonds is 5. The predicted molar refractivity (Wildman–Crippen MR) is 96.2 cm³/mol. The quantitative estimate of drug-likeness (QED) is 0.693. The standard InChI is InChI=1S/C18H17N3O4S/c1-2-24-17(23)11-7-8-14-16(11)20-18(26-14)19-15(22)9-12-10-5-3-4-6-13(10)25-21-12/h3-6,11H,2,7-9H2,1H3,(H,19,20,22)/t11-/m1/s1. The predicted octanol–water partition coefficient (Wildman–Crippen LogP) is 3.06. The molecule has 0 bridgehead atoms. The lowest BCUT2D eigenvalue weighted by molar-refractivity contribution is -0.145. The van der Waals surface area contributed by atoms with E-state index < -0.39 is 0 Å². The third-order valence-corrected chi connectivity index (χ3v) is 5.36. The van der Waals surface area contributed by atoms with Gasteiger partial charge in [0.05, 0.1) is 18.7 Å². The van der Waals surface area contributed by atoms with E-state index in [9.17, 15) is 9.59 Å². The Morgan fingerprint density at radius 1 is 1.38 bits per heavy atom. The van der Waals surface area contributed by atoms with Crippen LogP contribution in [0, 0.1) is 0 Å². The second kappa shape index (κ2) is 6.87. The largest absolute Gasteiger partial charge is 0.465 e. The summed E-state index contributed by atoms with van der Waals surface area (Å²) in [4.78, 5) is 29.8. The highest BCUT2D eigenvalue weighted by atomic mass is 32.1. The number of nitrogens with zero attached hydrogens (tertiary/aromatic N) is 2. The summed E-state index contributed by atoms with van der Waals surface area (Å²) < 4.78 is 10.3. The topological polar surface area (TPSA) is 94.3 Å². The van der Waals surface area contributed by atoms with Crippen LogP contribution in [-0.4, -0.2) is 28.6 Å². The van der Waals surface area contributed by atoms with Crippen LogP contribution in [0.4, 0.5) is 5.13 Å². The van der Waals surface area contributed by atoms with Gasteiger partial charge in [-0.2, -0.15) is 0 Å². The first-order valence-electron chi connectivity index (χ1n) is 8.45. The van der Waals surface area contributed by atoms with Crippen molar-refractivity contribution in [2.45, 2.75) is 32.1 Å². The van der Waals surface area contributed by atoms with Crippen molar-refractivity contribution >= 4 is 39.3 Å². The lowest BCUT2D eigenvalue weighted by atomic mass is 10.1. The van der Waals surface area contributed by atoms with Gasteiger partial charge in [-0.25, -0.2) is 4.98 Å². The van der Waals surface area contributed by atoms with Gasteiger partial charge in [0.25, 0.3) is 0 Å². The van der Waals surface area contributed by atoms with Gasteiger partial charge < -0.3 is 14.6 Å². The lowest BCUT2D eigenvalue weighted by Gasteiger charge is -2.07. The fourth-order valence-corrected chi connectivity index (χ4v) is 4.19. The highest BCUT2D eigenvalue weighted by molar-refractivity contribution is 7.16. The van der Waals surface area contributed by atoms with Crippen molar-refractivity contribution in [3.05, 3.63) is 40.5 Å². The number of nitrogens with one attached hydrogen (secondary N) is 1. The van der Waals surface area contributed by atoms with Gasteiger partial charge >= 0.3 is 5.97 Å². The van der Waals surface area contributed by atoms with E-state index in [0.29, 0.717) is 29.4 Å². The maximum Gasteiger partial charge on any atom is 0.315 e. The minimum absolute atomic E-state index is 0.0998. The van der Waals surface area contributed by atoms with Crippen LogP contribution in [0.5, 0.6) is 0 Å². The van der Waals surface area contributed by atoms with Crippen LogP contribution in [0.25, 0.3) is 11.0 Å². The molecule has 0 unspecified atom stereocenters. The summed E-state index contributed by atoms with van der Waals surface area (Å²) >= 11 is 1.41. The van der Waals surface area contributed by atoms with Crippen molar-refractivity contribution in [2.75, 3.05) is 11.9 Å². The van der Waals surface area contributed by atoms with Crippen LogP contribution in [0.15, 0.2) is 28.8 Å². The SMILES string of the molecule is CCOC(=O)[C@@H]1CCc2sc(NC(=O)Cc3noc4ccccc34)nc21. The molecule has 1 atom stereocenters. The minimum Gasteiger partial charge on any atom is -0.465 e. The number of ether oxygens (including phenoxy) is 1. The summed E-state index contributed by atoms with van der Waals surface area (Å²) in [7, 11) is 0. The van der Waals surface area contributed by atoms with E-state index in [0.717, 1.165) is 22.4 Å². The Labute approximate surface area is 153 Å². The third-order valence-electron chi connectivity index (χ3n) is 4.32. The van der Waals surface area contributed by atoms with Gasteiger partial charge in [-0.1, -0.05) is 17.3 Å². The van der Waals surface area contributed by atoms with Gasteiger partial charge in [0.1, 0.15) is 11.6 Å². The van der Waals surface area contributed by atoms with Gasteiger partial charge in [0, 0.05) is 10.3 Å². The molecular formula is C18H17N3O4S. The average molecular weight is 371 g/mol. The van der Waals surface area contributed by atoms with Crippen LogP contribution < -0.4 is 5.32 Å². The fraction of sp³-hybridized carbons (Fsp3) is 0.333. The van der Waals surface area contributed by atoms with E-state index in [4.69, 9.17) is 9.26 Å². The number of amides is 1.